The molecule has 1 fully saturated rings. The van der Waals surface area contributed by atoms with Crippen LogP contribution in [0.1, 0.15) is 24.8 Å². The lowest BCUT2D eigenvalue weighted by Crippen LogP contribution is -2.36. The zero-order chi connectivity index (χ0) is 14.8. The van der Waals surface area contributed by atoms with Crippen molar-refractivity contribution < 1.29 is 8.42 Å². The van der Waals surface area contributed by atoms with Crippen molar-refractivity contribution in [2.75, 3.05) is 25.9 Å². The van der Waals surface area contributed by atoms with Crippen molar-refractivity contribution in [3.63, 3.8) is 0 Å². The van der Waals surface area contributed by atoms with Crippen LogP contribution in [0.25, 0.3) is 0 Å². The molecule has 0 saturated carbocycles. The second-order valence-corrected chi connectivity index (χ2v) is 7.81. The predicted octanol–water partition coefficient (Wildman–Crippen LogP) is 2.07. The molecule has 2 rings (SSSR count). The number of rotatable bonds is 5. The Balaban J connectivity index is 1.89. The highest BCUT2D eigenvalue weighted by atomic mass is 35.5. The van der Waals surface area contributed by atoms with E-state index >= 15 is 0 Å². The van der Waals surface area contributed by atoms with E-state index < -0.39 is 10.0 Å². The number of benzene rings is 1. The van der Waals surface area contributed by atoms with Crippen LogP contribution in [0.15, 0.2) is 24.3 Å². The highest BCUT2D eigenvalue weighted by Crippen LogP contribution is 2.22. The molecular weight excluding hydrogens is 296 g/mol. The molecule has 1 N–H and O–H groups in total. The van der Waals surface area contributed by atoms with Crippen LogP contribution in [-0.4, -0.2) is 45.2 Å². The largest absolute Gasteiger partial charge is 0.301 e. The molecule has 1 aromatic rings. The Bertz CT molecular complexity index is 562. The third-order valence-corrected chi connectivity index (χ3v) is 4.60. The number of halogens is 1. The van der Waals surface area contributed by atoms with E-state index in [-0.39, 0.29) is 6.04 Å². The fourth-order valence-corrected chi connectivity index (χ4v) is 3.70. The van der Waals surface area contributed by atoms with Gasteiger partial charge >= 0.3 is 0 Å². The summed E-state index contributed by atoms with van der Waals surface area (Å²) in [5.74, 6) is 0.380. The van der Waals surface area contributed by atoms with Crippen LogP contribution in [0.2, 0.25) is 5.02 Å². The van der Waals surface area contributed by atoms with Crippen LogP contribution >= 0.6 is 11.6 Å². The molecule has 4 nitrogen and oxygen atoms in total. The van der Waals surface area contributed by atoms with E-state index in [1.54, 1.807) is 0 Å². The Morgan fingerprint density at radius 3 is 2.90 bits per heavy atom. The molecule has 1 aliphatic heterocycles. The third-order valence-electron chi connectivity index (χ3n) is 3.60. The zero-order valence-corrected chi connectivity index (χ0v) is 13.4. The Morgan fingerprint density at radius 2 is 2.25 bits per heavy atom. The minimum atomic E-state index is -3.11. The molecule has 0 unspecified atom stereocenters. The lowest BCUT2D eigenvalue weighted by molar-refractivity contribution is 0.315. The number of sulfonamides is 1. The summed E-state index contributed by atoms with van der Waals surface area (Å²) in [4.78, 5) is 2.30. The van der Waals surface area contributed by atoms with Crippen molar-refractivity contribution in [3.8, 4) is 0 Å². The highest BCUT2D eigenvalue weighted by molar-refractivity contribution is 7.88. The molecule has 112 valence electrons. The van der Waals surface area contributed by atoms with E-state index in [1.165, 1.54) is 11.8 Å². The number of hydrogen-bond donors (Lipinski definition) is 1. The maximum atomic E-state index is 11.2. The molecule has 0 bridgehead atoms. The van der Waals surface area contributed by atoms with Gasteiger partial charge in [-0.3, -0.25) is 0 Å². The van der Waals surface area contributed by atoms with Crippen LogP contribution in [0.5, 0.6) is 0 Å². The number of likely N-dealkylation sites (tertiary alicyclic amines) is 1. The van der Waals surface area contributed by atoms with Gasteiger partial charge in [-0.25, -0.2) is 13.1 Å². The number of nitrogens with one attached hydrogen (secondary N) is 1. The summed E-state index contributed by atoms with van der Waals surface area (Å²) >= 11 is 6.01. The standard InChI is InChI=1S/C14H21ClN2O2S/c1-11(12-4-3-5-13(15)8-12)9-17-7-6-14(10-17)16-20(2,18)19/h3-5,8,11,14,16H,6-7,9-10H2,1-2H3/t11-,14+/m1/s1. The molecule has 0 aliphatic carbocycles. The molecule has 0 radical (unpaired) electrons. The quantitative estimate of drug-likeness (QED) is 0.904. The number of hydrogen-bond acceptors (Lipinski definition) is 3. The van der Waals surface area contributed by atoms with Crippen molar-refractivity contribution >= 4 is 21.6 Å². The van der Waals surface area contributed by atoms with Gasteiger partial charge in [-0.2, -0.15) is 0 Å². The van der Waals surface area contributed by atoms with E-state index in [1.807, 2.05) is 18.2 Å². The van der Waals surface area contributed by atoms with Gasteiger partial charge in [0.05, 0.1) is 6.26 Å². The zero-order valence-electron chi connectivity index (χ0n) is 11.8. The first kappa shape index (κ1) is 15.8. The van der Waals surface area contributed by atoms with Gasteiger partial charge in [-0.1, -0.05) is 30.7 Å². The van der Waals surface area contributed by atoms with Crippen LogP contribution < -0.4 is 4.72 Å². The van der Waals surface area contributed by atoms with Crippen molar-refractivity contribution in [2.24, 2.45) is 0 Å². The first-order chi connectivity index (χ1) is 9.33. The van der Waals surface area contributed by atoms with Crippen LogP contribution in [0.4, 0.5) is 0 Å². The molecule has 0 amide bonds. The van der Waals surface area contributed by atoms with Crippen LogP contribution in [0.3, 0.4) is 0 Å². The maximum Gasteiger partial charge on any atom is 0.208 e. The van der Waals surface area contributed by atoms with Gasteiger partial charge in [0.2, 0.25) is 10.0 Å². The SMILES string of the molecule is C[C@H](CN1CC[C@H](NS(C)(=O)=O)C1)c1cccc(Cl)c1. The molecule has 1 saturated heterocycles. The molecule has 2 atom stereocenters. The van der Waals surface area contributed by atoms with Gasteiger partial charge in [0.25, 0.3) is 0 Å². The minimum Gasteiger partial charge on any atom is -0.301 e. The first-order valence-corrected chi connectivity index (χ1v) is 9.05. The summed E-state index contributed by atoms with van der Waals surface area (Å²) in [5, 5.41) is 0.757. The molecule has 1 aliphatic rings. The van der Waals surface area contributed by atoms with E-state index in [9.17, 15) is 8.42 Å². The Kier molecular flexibility index (Phi) is 5.07. The van der Waals surface area contributed by atoms with E-state index in [2.05, 4.69) is 22.6 Å². The Labute approximate surface area is 126 Å². The average Bonchev–Trinajstić information content (AvgIpc) is 2.74. The summed E-state index contributed by atoms with van der Waals surface area (Å²) in [6.07, 6.45) is 2.08. The molecule has 1 aromatic carbocycles. The molecule has 0 spiro atoms. The van der Waals surface area contributed by atoms with Gasteiger partial charge in [-0.15, -0.1) is 0 Å². The smallest absolute Gasteiger partial charge is 0.208 e. The lowest BCUT2D eigenvalue weighted by atomic mass is 10.0. The maximum absolute atomic E-state index is 11.2. The second-order valence-electron chi connectivity index (χ2n) is 5.59. The van der Waals surface area contributed by atoms with Gasteiger partial charge in [0.1, 0.15) is 0 Å². The molecule has 0 aromatic heterocycles. The summed E-state index contributed by atoms with van der Waals surface area (Å²) in [6.45, 7) is 4.79. The average molecular weight is 317 g/mol. The van der Waals surface area contributed by atoms with Crippen molar-refractivity contribution in [1.29, 1.82) is 0 Å². The predicted molar refractivity (Wildman–Crippen MR) is 82.7 cm³/mol. The summed E-state index contributed by atoms with van der Waals surface area (Å²) in [6, 6.07) is 7.95. The molecule has 20 heavy (non-hydrogen) atoms. The topological polar surface area (TPSA) is 49.4 Å². The third kappa shape index (κ3) is 4.74. The Hall–Kier alpha value is -0.620. The van der Waals surface area contributed by atoms with Gasteiger partial charge < -0.3 is 4.90 Å². The lowest BCUT2D eigenvalue weighted by Gasteiger charge is -2.21. The van der Waals surface area contributed by atoms with E-state index in [0.717, 1.165) is 31.1 Å². The summed E-state index contributed by atoms with van der Waals surface area (Å²) in [7, 11) is -3.11. The van der Waals surface area contributed by atoms with E-state index in [4.69, 9.17) is 11.6 Å². The monoisotopic (exact) mass is 316 g/mol. The van der Waals surface area contributed by atoms with Crippen molar-refractivity contribution in [1.82, 2.24) is 9.62 Å². The van der Waals surface area contributed by atoms with Crippen molar-refractivity contribution in [3.05, 3.63) is 34.9 Å². The summed E-state index contributed by atoms with van der Waals surface area (Å²) < 4.78 is 25.1. The van der Waals surface area contributed by atoms with Crippen LogP contribution in [-0.2, 0) is 10.0 Å². The molecule has 6 heteroatoms. The van der Waals surface area contributed by atoms with Gasteiger partial charge in [-0.05, 0) is 36.6 Å². The van der Waals surface area contributed by atoms with Gasteiger partial charge in [0.15, 0.2) is 0 Å². The molecular formula is C14H21ClN2O2S. The second kappa shape index (κ2) is 6.43. The van der Waals surface area contributed by atoms with Crippen molar-refractivity contribution in [2.45, 2.75) is 25.3 Å². The van der Waals surface area contributed by atoms with E-state index in [0.29, 0.717) is 5.92 Å². The minimum absolute atomic E-state index is 0.0385. The summed E-state index contributed by atoms with van der Waals surface area (Å²) in [5.41, 5.74) is 1.22. The highest BCUT2D eigenvalue weighted by Gasteiger charge is 2.25. The number of nitrogens with zero attached hydrogens (tertiary/aromatic N) is 1. The normalized spacial score (nSPS) is 22.1. The fourth-order valence-electron chi connectivity index (χ4n) is 2.70. The molecule has 1 heterocycles. The van der Waals surface area contributed by atoms with Gasteiger partial charge in [0, 0.05) is 24.2 Å². The fraction of sp³-hybridized carbons (Fsp3) is 0.571. The Morgan fingerprint density at radius 1 is 1.50 bits per heavy atom. The first-order valence-electron chi connectivity index (χ1n) is 6.78. The van der Waals surface area contributed by atoms with Crippen LogP contribution in [0, 0.1) is 0 Å².